The van der Waals surface area contributed by atoms with E-state index in [9.17, 15) is 23.1 Å². The summed E-state index contributed by atoms with van der Waals surface area (Å²) >= 11 is 0. The molecule has 0 unspecified atom stereocenters. The predicted molar refractivity (Wildman–Crippen MR) is 71.4 cm³/mol. The highest BCUT2D eigenvalue weighted by Gasteiger charge is 2.31. The first-order chi connectivity index (χ1) is 9.88. The topological polar surface area (TPSA) is 52.6 Å². The number of Topliss-reactive ketones (excluding diaryl/α,β-unsaturated/α-hetero) is 1. The number of hydrogen-bond donors (Lipinski definition) is 2. The first-order valence-electron chi connectivity index (χ1n) is 6.74. The third-order valence-electron chi connectivity index (χ3n) is 3.49. The second-order valence-electron chi connectivity index (χ2n) is 4.99. The average Bonchev–Trinajstić information content (AvgIpc) is 2.45. The van der Waals surface area contributed by atoms with Gasteiger partial charge in [0.15, 0.2) is 5.78 Å². The summed E-state index contributed by atoms with van der Waals surface area (Å²) in [6.07, 6.45) is -4.35. The molecule has 2 rings (SSSR count). The van der Waals surface area contributed by atoms with Crippen LogP contribution in [0.1, 0.15) is 22.3 Å². The van der Waals surface area contributed by atoms with Crippen LogP contribution in [0.3, 0.4) is 0 Å². The molecular formula is C14H17F3N2O2. The number of halogens is 3. The van der Waals surface area contributed by atoms with Crippen molar-refractivity contribution in [3.8, 4) is 5.75 Å². The summed E-state index contributed by atoms with van der Waals surface area (Å²) in [5.74, 6) is -0.963. The van der Waals surface area contributed by atoms with Gasteiger partial charge in [0.1, 0.15) is 5.75 Å². The second-order valence-corrected chi connectivity index (χ2v) is 4.99. The lowest BCUT2D eigenvalue weighted by atomic mass is 10.0. The fraction of sp³-hybridized carbons (Fsp3) is 0.500. The number of carbonyl (C=O) groups is 1. The number of nitrogens with one attached hydrogen (secondary N) is 1. The SMILES string of the molecule is O=C(CCN1CCNCC1)c1ccc(C(F)(F)F)cc1O. The molecule has 0 aromatic heterocycles. The zero-order chi connectivity index (χ0) is 15.5. The molecule has 1 fully saturated rings. The van der Waals surface area contributed by atoms with E-state index in [0.29, 0.717) is 12.6 Å². The van der Waals surface area contributed by atoms with Gasteiger partial charge in [-0.2, -0.15) is 13.2 Å². The lowest BCUT2D eigenvalue weighted by molar-refractivity contribution is -0.137. The molecule has 2 N–H and O–H groups in total. The van der Waals surface area contributed by atoms with E-state index in [1.807, 2.05) is 0 Å². The Labute approximate surface area is 120 Å². The number of carbonyl (C=O) groups excluding carboxylic acids is 1. The van der Waals surface area contributed by atoms with Crippen molar-refractivity contribution in [3.05, 3.63) is 29.3 Å². The van der Waals surface area contributed by atoms with Gasteiger partial charge >= 0.3 is 6.18 Å². The molecule has 0 atom stereocenters. The summed E-state index contributed by atoms with van der Waals surface area (Å²) in [5.41, 5.74) is -1.02. The molecule has 4 nitrogen and oxygen atoms in total. The van der Waals surface area contributed by atoms with Gasteiger partial charge in [-0.05, 0) is 18.2 Å². The van der Waals surface area contributed by atoms with E-state index >= 15 is 0 Å². The fourth-order valence-corrected chi connectivity index (χ4v) is 2.27. The quantitative estimate of drug-likeness (QED) is 0.834. The number of phenols is 1. The van der Waals surface area contributed by atoms with E-state index in [1.165, 1.54) is 0 Å². The number of phenolic OH excluding ortho intramolecular Hbond substituents is 1. The van der Waals surface area contributed by atoms with Gasteiger partial charge in [0.2, 0.25) is 0 Å². The number of aromatic hydroxyl groups is 1. The van der Waals surface area contributed by atoms with Crippen molar-refractivity contribution in [1.82, 2.24) is 10.2 Å². The van der Waals surface area contributed by atoms with E-state index in [-0.39, 0.29) is 17.8 Å². The van der Waals surface area contributed by atoms with Gasteiger partial charge in [-0.15, -0.1) is 0 Å². The Morgan fingerprint density at radius 1 is 1.29 bits per heavy atom. The average molecular weight is 302 g/mol. The van der Waals surface area contributed by atoms with Gasteiger partial charge in [-0.1, -0.05) is 0 Å². The van der Waals surface area contributed by atoms with Crippen molar-refractivity contribution in [2.24, 2.45) is 0 Å². The van der Waals surface area contributed by atoms with Crippen LogP contribution in [0.15, 0.2) is 18.2 Å². The first kappa shape index (κ1) is 15.8. The van der Waals surface area contributed by atoms with E-state index < -0.39 is 17.5 Å². The second kappa shape index (κ2) is 6.44. The van der Waals surface area contributed by atoms with Gasteiger partial charge in [0, 0.05) is 39.1 Å². The normalized spacial score (nSPS) is 16.9. The van der Waals surface area contributed by atoms with Crippen molar-refractivity contribution in [3.63, 3.8) is 0 Å². The summed E-state index contributed by atoms with van der Waals surface area (Å²) in [7, 11) is 0. The van der Waals surface area contributed by atoms with E-state index in [0.717, 1.165) is 38.3 Å². The fourth-order valence-electron chi connectivity index (χ4n) is 2.27. The first-order valence-corrected chi connectivity index (χ1v) is 6.74. The van der Waals surface area contributed by atoms with Crippen LogP contribution in [0.25, 0.3) is 0 Å². The minimum atomic E-state index is -4.53. The highest BCUT2D eigenvalue weighted by Crippen LogP contribution is 2.32. The van der Waals surface area contributed by atoms with Crippen LogP contribution >= 0.6 is 0 Å². The minimum Gasteiger partial charge on any atom is -0.507 e. The summed E-state index contributed by atoms with van der Waals surface area (Å²) in [6.45, 7) is 3.94. The van der Waals surface area contributed by atoms with Crippen LogP contribution in [-0.4, -0.2) is 48.5 Å². The highest BCUT2D eigenvalue weighted by atomic mass is 19.4. The smallest absolute Gasteiger partial charge is 0.416 e. The Morgan fingerprint density at radius 3 is 2.52 bits per heavy atom. The maximum Gasteiger partial charge on any atom is 0.416 e. The molecular weight excluding hydrogens is 285 g/mol. The molecule has 1 aliphatic heterocycles. The molecule has 1 heterocycles. The zero-order valence-corrected chi connectivity index (χ0v) is 11.4. The molecule has 1 aromatic rings. The van der Waals surface area contributed by atoms with Crippen LogP contribution in [0.2, 0.25) is 0 Å². The molecule has 1 saturated heterocycles. The van der Waals surface area contributed by atoms with Crippen LogP contribution in [-0.2, 0) is 6.18 Å². The van der Waals surface area contributed by atoms with Crippen LogP contribution in [0.4, 0.5) is 13.2 Å². The molecule has 21 heavy (non-hydrogen) atoms. The van der Waals surface area contributed by atoms with Crippen molar-refractivity contribution >= 4 is 5.78 Å². The summed E-state index contributed by atoms with van der Waals surface area (Å²) in [5, 5.41) is 12.8. The van der Waals surface area contributed by atoms with Gasteiger partial charge < -0.3 is 15.3 Å². The standard InChI is InChI=1S/C14H17F3N2O2/c15-14(16,17)10-1-2-11(13(21)9-10)12(20)3-6-19-7-4-18-5-8-19/h1-2,9,18,21H,3-8H2. The Hall–Kier alpha value is -1.60. The summed E-state index contributed by atoms with van der Waals surface area (Å²) < 4.78 is 37.4. The molecule has 7 heteroatoms. The Bertz CT molecular complexity index is 511. The predicted octanol–water partition coefficient (Wildman–Crippen LogP) is 1.89. The summed E-state index contributed by atoms with van der Waals surface area (Å²) in [4.78, 5) is 14.1. The van der Waals surface area contributed by atoms with Crippen LogP contribution in [0.5, 0.6) is 5.75 Å². The lowest BCUT2D eigenvalue weighted by Gasteiger charge is -2.26. The molecule has 0 spiro atoms. The van der Waals surface area contributed by atoms with E-state index in [2.05, 4.69) is 10.2 Å². The van der Waals surface area contributed by atoms with Gasteiger partial charge in [0.05, 0.1) is 11.1 Å². The number of hydrogen-bond acceptors (Lipinski definition) is 4. The molecule has 116 valence electrons. The Balaban J connectivity index is 1.99. The minimum absolute atomic E-state index is 0.0573. The largest absolute Gasteiger partial charge is 0.507 e. The van der Waals surface area contributed by atoms with E-state index in [4.69, 9.17) is 0 Å². The van der Waals surface area contributed by atoms with Crippen molar-refractivity contribution in [1.29, 1.82) is 0 Å². The molecule has 0 radical (unpaired) electrons. The van der Waals surface area contributed by atoms with Crippen LogP contribution in [0, 0.1) is 0 Å². The van der Waals surface area contributed by atoms with E-state index in [1.54, 1.807) is 0 Å². The van der Waals surface area contributed by atoms with Crippen molar-refractivity contribution < 1.29 is 23.1 Å². The maximum absolute atomic E-state index is 12.5. The van der Waals surface area contributed by atoms with Crippen molar-refractivity contribution in [2.75, 3.05) is 32.7 Å². The Morgan fingerprint density at radius 2 is 1.95 bits per heavy atom. The zero-order valence-electron chi connectivity index (χ0n) is 11.4. The number of alkyl halides is 3. The number of ketones is 1. The Kier molecular flexibility index (Phi) is 4.84. The molecule has 0 aliphatic carbocycles. The van der Waals surface area contributed by atoms with Gasteiger partial charge in [0.25, 0.3) is 0 Å². The molecule has 1 aromatic carbocycles. The molecule has 0 amide bonds. The highest BCUT2D eigenvalue weighted by molar-refractivity contribution is 5.98. The number of benzene rings is 1. The molecule has 0 bridgehead atoms. The number of rotatable bonds is 4. The van der Waals surface area contributed by atoms with Crippen LogP contribution < -0.4 is 5.32 Å². The van der Waals surface area contributed by atoms with Gasteiger partial charge in [-0.25, -0.2) is 0 Å². The lowest BCUT2D eigenvalue weighted by Crippen LogP contribution is -2.44. The third kappa shape index (κ3) is 4.18. The van der Waals surface area contributed by atoms with Crippen molar-refractivity contribution in [2.45, 2.75) is 12.6 Å². The summed E-state index contributed by atoms with van der Waals surface area (Å²) in [6, 6.07) is 2.45. The number of nitrogens with zero attached hydrogens (tertiary/aromatic N) is 1. The van der Waals surface area contributed by atoms with Gasteiger partial charge in [-0.3, -0.25) is 4.79 Å². The molecule has 0 saturated carbocycles. The maximum atomic E-state index is 12.5. The number of piperazine rings is 1. The third-order valence-corrected chi connectivity index (χ3v) is 3.49. The monoisotopic (exact) mass is 302 g/mol. The molecule has 1 aliphatic rings.